The topological polar surface area (TPSA) is 26.3 Å². The number of carbonyl (C=O) groups is 1. The Kier molecular flexibility index (Phi) is 8.97. The van der Waals surface area contributed by atoms with Crippen molar-refractivity contribution in [1.29, 1.82) is 0 Å². The average Bonchev–Trinajstić information content (AvgIpc) is 3.32. The molecular weight excluding hydrogens is 773 g/mol. The molecule has 4 fully saturated rings. The molecular formula is C59H48O2S. The van der Waals surface area contributed by atoms with Crippen LogP contribution in [0.3, 0.4) is 0 Å². The zero-order chi connectivity index (χ0) is 41.3. The van der Waals surface area contributed by atoms with Crippen molar-refractivity contribution < 1.29 is 8.98 Å². The second kappa shape index (κ2) is 14.9. The molecule has 4 aliphatic rings. The monoisotopic (exact) mass is 820 g/mol. The molecule has 2 nitrogen and oxygen atoms in total. The minimum Gasteiger partial charge on any atom is -0.401 e. The van der Waals surface area contributed by atoms with Crippen molar-refractivity contribution in [2.45, 2.75) is 53.2 Å². The summed E-state index contributed by atoms with van der Waals surface area (Å²) >= 11 is 0. The van der Waals surface area contributed by atoms with Crippen molar-refractivity contribution in [3.8, 4) is 33.4 Å². The van der Waals surface area contributed by atoms with E-state index in [0.29, 0.717) is 17.8 Å². The number of carbonyl (C=O) groups excluding carboxylic acids is 1. The van der Waals surface area contributed by atoms with Crippen LogP contribution in [0.4, 0.5) is 0 Å². The zero-order valence-corrected chi connectivity index (χ0v) is 35.6. The smallest absolute Gasteiger partial charge is 0.323 e. The van der Waals surface area contributed by atoms with Crippen molar-refractivity contribution in [2.24, 2.45) is 23.2 Å². The summed E-state index contributed by atoms with van der Waals surface area (Å²) in [6, 6.07) is 72.5. The van der Waals surface area contributed by atoms with Gasteiger partial charge in [-0.15, -0.1) is 0 Å². The van der Waals surface area contributed by atoms with Gasteiger partial charge in [0, 0.05) is 14.7 Å². The van der Waals surface area contributed by atoms with Gasteiger partial charge in [-0.2, -0.15) is 0 Å². The third-order valence-electron chi connectivity index (χ3n) is 14.5. The molecule has 0 amide bonds. The number of fused-ring (bicyclic) bond motifs is 3. The van der Waals surface area contributed by atoms with E-state index in [0.717, 1.165) is 72.5 Å². The first-order valence-corrected chi connectivity index (χ1v) is 23.9. The van der Waals surface area contributed by atoms with E-state index >= 15 is 4.79 Å². The number of rotatable bonds is 8. The molecule has 0 unspecified atom stereocenters. The normalized spacial score (nSPS) is 20.7. The van der Waals surface area contributed by atoms with Gasteiger partial charge in [0.2, 0.25) is 0 Å². The molecule has 0 atom stereocenters. The van der Waals surface area contributed by atoms with Gasteiger partial charge < -0.3 is 4.18 Å². The maximum Gasteiger partial charge on any atom is 0.323 e. The summed E-state index contributed by atoms with van der Waals surface area (Å²) in [7, 11) is -2.81. The van der Waals surface area contributed by atoms with Crippen LogP contribution in [0.25, 0.3) is 65.7 Å². The van der Waals surface area contributed by atoms with Gasteiger partial charge in [0.05, 0.1) is 5.41 Å². The first kappa shape index (κ1) is 37.4. The largest absolute Gasteiger partial charge is 0.401 e. The van der Waals surface area contributed by atoms with E-state index < -0.39 is 15.7 Å². The van der Waals surface area contributed by atoms with Crippen LogP contribution in [0, 0.1) is 23.2 Å². The average molecular weight is 821 g/mol. The Morgan fingerprint density at radius 3 is 1.24 bits per heavy atom. The van der Waals surface area contributed by atoms with E-state index in [4.69, 9.17) is 4.18 Å². The number of hydrogen-bond acceptors (Lipinski definition) is 2. The second-order valence-corrected chi connectivity index (χ2v) is 20.9. The van der Waals surface area contributed by atoms with Gasteiger partial charge in [0.25, 0.3) is 0 Å². The van der Waals surface area contributed by atoms with Gasteiger partial charge in [-0.3, -0.25) is 4.79 Å². The predicted octanol–water partition coefficient (Wildman–Crippen LogP) is 16.1. The van der Waals surface area contributed by atoms with Gasteiger partial charge in [-0.1, -0.05) is 164 Å². The predicted molar refractivity (Wildman–Crippen MR) is 257 cm³/mol. The van der Waals surface area contributed by atoms with Crippen molar-refractivity contribution in [1.82, 2.24) is 0 Å². The zero-order valence-electron chi connectivity index (χ0n) is 34.8. The summed E-state index contributed by atoms with van der Waals surface area (Å²) in [6.07, 6.45) is 6.58. The van der Waals surface area contributed by atoms with E-state index in [1.165, 1.54) is 46.4 Å². The van der Waals surface area contributed by atoms with Gasteiger partial charge in [0.1, 0.15) is 0 Å². The Balaban J connectivity index is 1.26. The summed E-state index contributed by atoms with van der Waals surface area (Å²) in [5.74, 6) is 1.79. The van der Waals surface area contributed by atoms with E-state index in [1.807, 2.05) is 0 Å². The molecule has 4 saturated carbocycles. The molecule has 4 bridgehead atoms. The van der Waals surface area contributed by atoms with E-state index in [9.17, 15) is 0 Å². The minimum absolute atomic E-state index is 0.00910. The third-order valence-corrected chi connectivity index (χ3v) is 17.7. The van der Waals surface area contributed by atoms with E-state index in [1.54, 1.807) is 0 Å². The lowest BCUT2D eigenvalue weighted by Gasteiger charge is -2.56. The molecule has 302 valence electrons. The third kappa shape index (κ3) is 6.04. The highest BCUT2D eigenvalue weighted by Gasteiger charge is 2.57. The molecule has 0 spiro atoms. The van der Waals surface area contributed by atoms with Crippen molar-refractivity contribution in [3.05, 3.63) is 200 Å². The Labute approximate surface area is 365 Å². The number of benzene rings is 9. The van der Waals surface area contributed by atoms with Gasteiger partial charge in [-0.05, 0) is 169 Å². The van der Waals surface area contributed by atoms with Crippen LogP contribution in [-0.2, 0) is 8.98 Å². The first-order valence-electron chi connectivity index (χ1n) is 22.4. The van der Waals surface area contributed by atoms with E-state index in [-0.39, 0.29) is 5.97 Å². The highest BCUT2D eigenvalue weighted by molar-refractivity contribution is 8.30. The summed E-state index contributed by atoms with van der Waals surface area (Å²) in [4.78, 5) is 19.1. The van der Waals surface area contributed by atoms with Crippen LogP contribution in [0.15, 0.2) is 215 Å². The van der Waals surface area contributed by atoms with Crippen LogP contribution in [0.5, 0.6) is 0 Å². The standard InChI is InChI=1S/C59H48O2S/c60-58(59-37-40-32-41(38-59)34-42(33-40)39-59)61-62(47-22-3-1-4-23-47,48-24-5-2-6-25-48)57-55(53-30-14-20-44-17-8-11-27-50(44)53)35-46(52-29-13-19-43-16-7-10-26-49(43)52)36-56(57)54-31-15-21-45-18-9-12-28-51(45)54/h1-31,35-36,40-42H,32-34,37-39H2. The molecule has 0 heterocycles. The molecule has 0 radical (unpaired) electrons. The lowest BCUT2D eigenvalue weighted by atomic mass is 9.49. The fraction of sp³-hybridized carbons (Fsp3) is 0.169. The van der Waals surface area contributed by atoms with Crippen molar-refractivity contribution in [3.63, 3.8) is 0 Å². The Morgan fingerprint density at radius 1 is 0.419 bits per heavy atom. The Hall–Kier alpha value is -6.42. The van der Waals surface area contributed by atoms with Crippen molar-refractivity contribution in [2.75, 3.05) is 0 Å². The van der Waals surface area contributed by atoms with Gasteiger partial charge in [0.15, 0.2) is 0 Å². The van der Waals surface area contributed by atoms with E-state index in [2.05, 4.69) is 200 Å². The molecule has 0 N–H and O–H groups in total. The quantitative estimate of drug-likeness (QED) is 0.153. The summed E-state index contributed by atoms with van der Waals surface area (Å²) < 4.78 is 7.89. The summed E-state index contributed by atoms with van der Waals surface area (Å²) in [5.41, 5.74) is 6.22. The molecule has 9 aromatic rings. The van der Waals surface area contributed by atoms with Crippen molar-refractivity contribution >= 4 is 48.6 Å². The highest BCUT2D eigenvalue weighted by atomic mass is 32.3. The minimum atomic E-state index is -2.81. The fourth-order valence-corrected chi connectivity index (χ4v) is 15.6. The van der Waals surface area contributed by atoms with Gasteiger partial charge in [-0.25, -0.2) is 0 Å². The molecule has 4 aliphatic carbocycles. The molecule has 0 saturated heterocycles. The maximum absolute atomic E-state index is 16.0. The van der Waals surface area contributed by atoms with Crippen LogP contribution in [0.1, 0.15) is 38.5 Å². The summed E-state index contributed by atoms with van der Waals surface area (Å²) in [5, 5.41) is 7.07. The molecule has 0 aromatic heterocycles. The Bertz CT molecular complexity index is 2980. The van der Waals surface area contributed by atoms with Crippen LogP contribution < -0.4 is 0 Å². The number of hydrogen-bond donors (Lipinski definition) is 0. The first-order chi connectivity index (χ1) is 30.6. The van der Waals surface area contributed by atoms with Crippen LogP contribution in [-0.4, -0.2) is 5.97 Å². The molecule has 0 aliphatic heterocycles. The van der Waals surface area contributed by atoms with Crippen LogP contribution >= 0.6 is 10.3 Å². The Morgan fingerprint density at radius 2 is 0.790 bits per heavy atom. The maximum atomic E-state index is 16.0. The summed E-state index contributed by atoms with van der Waals surface area (Å²) in [6.45, 7) is 0. The molecule has 3 heteroatoms. The lowest BCUT2D eigenvalue weighted by Crippen LogP contribution is -2.50. The van der Waals surface area contributed by atoms with Crippen LogP contribution in [0.2, 0.25) is 0 Å². The highest BCUT2D eigenvalue weighted by Crippen LogP contribution is 2.75. The molecule has 62 heavy (non-hydrogen) atoms. The SMILES string of the molecule is O=C(OS(c1ccccc1)(c1ccccc1)c1c(-c2cccc3ccccc23)cc(-c2cccc3ccccc23)cc1-c1cccc2ccccc12)C12CC3CC(CC(C3)C1)C2. The molecule has 9 aromatic carbocycles. The second-order valence-electron chi connectivity index (χ2n) is 18.2. The van der Waals surface area contributed by atoms with Gasteiger partial charge >= 0.3 is 5.97 Å². The lowest BCUT2D eigenvalue weighted by molar-refractivity contribution is -0.160. The fourth-order valence-electron chi connectivity index (χ4n) is 12.2. The molecule has 13 rings (SSSR count).